The zero-order valence-corrected chi connectivity index (χ0v) is 18.8. The van der Waals surface area contributed by atoms with Gasteiger partial charge in [0.2, 0.25) is 10.0 Å². The van der Waals surface area contributed by atoms with E-state index >= 15 is 0 Å². The molecule has 30 heavy (non-hydrogen) atoms. The maximum absolute atomic E-state index is 12.5. The molecule has 0 amide bonds. The van der Waals surface area contributed by atoms with Gasteiger partial charge in [-0.05, 0) is 37.3 Å². The van der Waals surface area contributed by atoms with Crippen LogP contribution in [-0.2, 0) is 27.9 Å². The van der Waals surface area contributed by atoms with E-state index < -0.39 is 16.0 Å². The molecule has 0 saturated carbocycles. The van der Waals surface area contributed by atoms with E-state index in [1.165, 1.54) is 38.4 Å². The number of halogens is 2. The third kappa shape index (κ3) is 4.11. The van der Waals surface area contributed by atoms with Crippen molar-refractivity contribution in [3.8, 4) is 0 Å². The van der Waals surface area contributed by atoms with Crippen LogP contribution in [-0.4, -0.2) is 42.3 Å². The largest absolute Gasteiger partial charge is 0.454 e. The number of nitrogens with two attached hydrogens (primary N) is 1. The van der Waals surface area contributed by atoms with Crippen LogP contribution in [0.5, 0.6) is 0 Å². The van der Waals surface area contributed by atoms with E-state index in [2.05, 4.69) is 4.98 Å². The molecule has 8 nitrogen and oxygen atoms in total. The molecule has 0 unspecified atom stereocenters. The molecule has 0 fully saturated rings. The summed E-state index contributed by atoms with van der Waals surface area (Å²) in [5.41, 5.74) is 7.20. The number of rotatable bonds is 6. The first-order chi connectivity index (χ1) is 14.1. The fourth-order valence-electron chi connectivity index (χ4n) is 2.96. The van der Waals surface area contributed by atoms with Crippen molar-refractivity contribution >= 4 is 55.9 Å². The van der Waals surface area contributed by atoms with E-state index in [1.54, 1.807) is 6.07 Å². The number of anilines is 1. The van der Waals surface area contributed by atoms with Crippen molar-refractivity contribution in [3.05, 3.63) is 51.8 Å². The summed E-state index contributed by atoms with van der Waals surface area (Å²) in [7, 11) is -0.671. The van der Waals surface area contributed by atoms with E-state index in [0.717, 1.165) is 9.82 Å². The van der Waals surface area contributed by atoms with Crippen LogP contribution in [0.1, 0.15) is 23.1 Å². The summed E-state index contributed by atoms with van der Waals surface area (Å²) in [5.74, 6) is -0.227. The minimum absolute atomic E-state index is 0.0611. The molecule has 0 aliphatic heterocycles. The van der Waals surface area contributed by atoms with Gasteiger partial charge in [-0.15, -0.1) is 0 Å². The molecule has 0 aliphatic rings. The Kier molecular flexibility index (Phi) is 6.28. The Morgan fingerprint density at radius 1 is 1.23 bits per heavy atom. The van der Waals surface area contributed by atoms with Crippen molar-refractivity contribution in [3.63, 3.8) is 0 Å². The van der Waals surface area contributed by atoms with E-state index in [-0.39, 0.29) is 32.8 Å². The Morgan fingerprint density at radius 3 is 2.57 bits per heavy atom. The standard InChI is InChI=1S/C19H20Cl2N4O4S/c1-4-25-16-6-5-12(30(27,28)24(2)3)9-15(16)23-17(25)10-29-19(26)13-7-11(20)8-14(21)18(13)22/h5-9H,4,10,22H2,1-3H3. The summed E-state index contributed by atoms with van der Waals surface area (Å²) in [6.45, 7) is 2.32. The number of hydrogen-bond donors (Lipinski definition) is 1. The summed E-state index contributed by atoms with van der Waals surface area (Å²) in [6.07, 6.45) is 0. The summed E-state index contributed by atoms with van der Waals surface area (Å²) >= 11 is 11.9. The van der Waals surface area contributed by atoms with Crippen LogP contribution < -0.4 is 5.73 Å². The summed E-state index contributed by atoms with van der Waals surface area (Å²) in [5, 5.41) is 0.418. The topological polar surface area (TPSA) is 108 Å². The molecule has 0 saturated heterocycles. The van der Waals surface area contributed by atoms with Crippen LogP contribution in [0.15, 0.2) is 35.2 Å². The van der Waals surface area contributed by atoms with E-state index in [1.807, 2.05) is 11.5 Å². The molecule has 0 radical (unpaired) electrons. The first kappa shape index (κ1) is 22.4. The monoisotopic (exact) mass is 470 g/mol. The van der Waals surface area contributed by atoms with E-state index in [4.69, 9.17) is 33.7 Å². The van der Waals surface area contributed by atoms with Gasteiger partial charge in [0.15, 0.2) is 0 Å². The Hall–Kier alpha value is -2.33. The molecule has 1 aromatic heterocycles. The van der Waals surface area contributed by atoms with Crippen LogP contribution in [0.4, 0.5) is 5.69 Å². The van der Waals surface area contributed by atoms with E-state index in [9.17, 15) is 13.2 Å². The average Bonchev–Trinajstić information content (AvgIpc) is 3.05. The molecule has 3 aromatic rings. The third-order valence-corrected chi connectivity index (χ3v) is 6.88. The highest BCUT2D eigenvalue weighted by atomic mass is 35.5. The zero-order valence-electron chi connectivity index (χ0n) is 16.5. The number of sulfonamides is 1. The number of benzene rings is 2. The summed E-state index contributed by atoms with van der Waals surface area (Å²) in [4.78, 5) is 17.1. The maximum Gasteiger partial charge on any atom is 0.340 e. The molecule has 2 aromatic carbocycles. The molecule has 3 rings (SSSR count). The van der Waals surface area contributed by atoms with Gasteiger partial charge in [0.1, 0.15) is 12.4 Å². The molecule has 0 spiro atoms. The van der Waals surface area contributed by atoms with Crippen LogP contribution in [0.3, 0.4) is 0 Å². The highest BCUT2D eigenvalue weighted by Crippen LogP contribution is 2.28. The Labute approximate surface area is 184 Å². The number of fused-ring (bicyclic) bond motifs is 1. The first-order valence-electron chi connectivity index (χ1n) is 8.89. The number of hydrogen-bond acceptors (Lipinski definition) is 6. The maximum atomic E-state index is 12.5. The molecule has 11 heteroatoms. The molecular weight excluding hydrogens is 451 g/mol. The summed E-state index contributed by atoms with van der Waals surface area (Å²) in [6, 6.07) is 7.52. The van der Waals surface area contributed by atoms with Crippen molar-refractivity contribution in [2.24, 2.45) is 0 Å². The molecule has 160 valence electrons. The van der Waals surface area contributed by atoms with Crippen LogP contribution in [0, 0.1) is 0 Å². The van der Waals surface area contributed by atoms with Gasteiger partial charge in [-0.2, -0.15) is 0 Å². The van der Waals surface area contributed by atoms with Crippen molar-refractivity contribution in [2.45, 2.75) is 25.0 Å². The number of esters is 1. The minimum atomic E-state index is -3.59. The smallest absolute Gasteiger partial charge is 0.340 e. The minimum Gasteiger partial charge on any atom is -0.454 e. The number of carbonyl (C=O) groups excluding carboxylic acids is 1. The Bertz CT molecular complexity index is 1240. The molecule has 2 N–H and O–H groups in total. The SMILES string of the molecule is CCn1c(COC(=O)c2cc(Cl)cc(Cl)c2N)nc2cc(S(=O)(=O)N(C)C)ccc21. The van der Waals surface area contributed by atoms with Crippen LogP contribution in [0.2, 0.25) is 10.0 Å². The number of aromatic nitrogens is 2. The quantitative estimate of drug-likeness (QED) is 0.435. The number of carbonyl (C=O) groups is 1. The third-order valence-electron chi connectivity index (χ3n) is 4.54. The highest BCUT2D eigenvalue weighted by Gasteiger charge is 2.21. The number of ether oxygens (including phenoxy) is 1. The van der Waals surface area contributed by atoms with Crippen molar-refractivity contribution < 1.29 is 17.9 Å². The number of aryl methyl sites for hydroxylation is 1. The molecule has 0 bridgehead atoms. The Morgan fingerprint density at radius 2 is 1.93 bits per heavy atom. The Balaban J connectivity index is 1.92. The lowest BCUT2D eigenvalue weighted by atomic mass is 10.2. The van der Waals surface area contributed by atoms with Crippen molar-refractivity contribution in [2.75, 3.05) is 19.8 Å². The van der Waals surface area contributed by atoms with Gasteiger partial charge in [-0.3, -0.25) is 0 Å². The predicted octanol–water partition coefficient (Wildman–Crippen LogP) is 3.55. The predicted molar refractivity (Wildman–Crippen MR) is 116 cm³/mol. The normalized spacial score (nSPS) is 11.9. The molecule has 0 atom stereocenters. The second kappa shape index (κ2) is 8.43. The van der Waals surface area contributed by atoms with Gasteiger partial charge in [0.25, 0.3) is 0 Å². The van der Waals surface area contributed by atoms with Crippen molar-refractivity contribution in [1.29, 1.82) is 0 Å². The lowest BCUT2D eigenvalue weighted by Crippen LogP contribution is -2.22. The number of nitrogen functional groups attached to an aromatic ring is 1. The van der Waals surface area contributed by atoms with Gasteiger partial charge < -0.3 is 15.0 Å². The van der Waals surface area contributed by atoms with Crippen LogP contribution >= 0.6 is 23.2 Å². The van der Waals surface area contributed by atoms with Gasteiger partial charge >= 0.3 is 5.97 Å². The van der Waals surface area contributed by atoms with Gasteiger partial charge in [-0.25, -0.2) is 22.5 Å². The van der Waals surface area contributed by atoms with Crippen LogP contribution in [0.25, 0.3) is 11.0 Å². The number of nitrogens with zero attached hydrogens (tertiary/aromatic N) is 3. The highest BCUT2D eigenvalue weighted by molar-refractivity contribution is 7.89. The summed E-state index contributed by atoms with van der Waals surface area (Å²) < 4.78 is 33.1. The molecule has 1 heterocycles. The second-order valence-corrected chi connectivity index (χ2v) is 9.63. The second-order valence-electron chi connectivity index (χ2n) is 6.64. The average molecular weight is 471 g/mol. The van der Waals surface area contributed by atoms with Crippen molar-refractivity contribution in [1.82, 2.24) is 13.9 Å². The first-order valence-corrected chi connectivity index (χ1v) is 11.1. The number of imidazole rings is 1. The lowest BCUT2D eigenvalue weighted by Gasteiger charge is -2.11. The fourth-order valence-corrected chi connectivity index (χ4v) is 4.37. The molecular formula is C19H20Cl2N4O4S. The fraction of sp³-hybridized carbons (Fsp3) is 0.263. The lowest BCUT2D eigenvalue weighted by molar-refractivity contribution is 0.0460. The zero-order chi connectivity index (χ0) is 22.2. The molecule has 0 aliphatic carbocycles. The van der Waals surface area contributed by atoms with Gasteiger partial charge in [0, 0.05) is 25.7 Å². The van der Waals surface area contributed by atoms with Gasteiger partial charge in [0.05, 0.1) is 32.2 Å². The van der Waals surface area contributed by atoms with E-state index in [0.29, 0.717) is 17.9 Å². The van der Waals surface area contributed by atoms with Gasteiger partial charge in [-0.1, -0.05) is 23.2 Å².